The number of hydrogen-bond acceptors (Lipinski definition) is 4. The van der Waals surface area contributed by atoms with Gasteiger partial charge in [-0.05, 0) is 22.6 Å². The molecule has 0 saturated carbocycles. The molecule has 2 heterocycles. The Balaban J connectivity index is 2.57. The summed E-state index contributed by atoms with van der Waals surface area (Å²) in [6, 6.07) is 0. The molecule has 0 unspecified atom stereocenters. The van der Waals surface area contributed by atoms with Crippen LogP contribution < -0.4 is 5.56 Å². The Bertz CT molecular complexity index is 590. The van der Waals surface area contributed by atoms with Gasteiger partial charge in [0.05, 0.1) is 24.8 Å². The molecule has 0 aliphatic rings. The summed E-state index contributed by atoms with van der Waals surface area (Å²) < 4.78 is 7.37. The molecule has 0 radical (unpaired) electrons. The van der Waals surface area contributed by atoms with E-state index in [1.807, 2.05) is 29.6 Å². The lowest BCUT2D eigenvalue weighted by Gasteiger charge is -2.06. The van der Waals surface area contributed by atoms with Crippen LogP contribution in [0.1, 0.15) is 5.69 Å². The molecule has 0 aromatic carbocycles. The van der Waals surface area contributed by atoms with Gasteiger partial charge < -0.3 is 14.3 Å². The van der Waals surface area contributed by atoms with Gasteiger partial charge >= 0.3 is 0 Å². The second-order valence-electron chi connectivity index (χ2n) is 3.50. The Morgan fingerprint density at radius 3 is 2.94 bits per heavy atom. The van der Waals surface area contributed by atoms with E-state index >= 15 is 0 Å². The first-order chi connectivity index (χ1) is 8.13. The molecule has 17 heavy (non-hydrogen) atoms. The third-order valence-corrected chi connectivity index (χ3v) is 3.38. The number of aromatic amines is 1. The summed E-state index contributed by atoms with van der Waals surface area (Å²) in [6.07, 6.45) is 3.31. The van der Waals surface area contributed by atoms with Crippen LogP contribution in [0, 0.1) is 3.57 Å². The lowest BCUT2D eigenvalue weighted by atomic mass is 10.3. The first-order valence-corrected chi connectivity index (χ1v) is 5.95. The third-order valence-electron chi connectivity index (χ3n) is 2.27. The standard InChI is InChI=1S/C10H11IN4O2/c1-15-5-12-3-7(15)9-13-6(4-17-2)8(11)10(16)14-9/h3,5H,4H2,1-2H3,(H,13,14,16). The van der Waals surface area contributed by atoms with Crippen LogP contribution in [-0.4, -0.2) is 26.6 Å². The minimum atomic E-state index is -0.163. The van der Waals surface area contributed by atoms with Crippen LogP contribution in [-0.2, 0) is 18.4 Å². The molecule has 90 valence electrons. The van der Waals surface area contributed by atoms with Crippen molar-refractivity contribution in [3.05, 3.63) is 32.1 Å². The fourth-order valence-corrected chi connectivity index (χ4v) is 1.86. The minimum Gasteiger partial charge on any atom is -0.378 e. The van der Waals surface area contributed by atoms with Crippen LogP contribution in [0.3, 0.4) is 0 Å². The predicted octanol–water partition coefficient (Wildman–Crippen LogP) is 0.921. The smallest absolute Gasteiger partial charge is 0.265 e. The molecular weight excluding hydrogens is 335 g/mol. The van der Waals surface area contributed by atoms with E-state index in [4.69, 9.17) is 4.74 Å². The maximum Gasteiger partial charge on any atom is 0.265 e. The SMILES string of the molecule is COCc1nc(-c2cncn2C)[nH]c(=O)c1I. The van der Waals surface area contributed by atoms with E-state index < -0.39 is 0 Å². The maximum atomic E-state index is 11.8. The zero-order valence-corrected chi connectivity index (χ0v) is 11.6. The molecule has 0 saturated heterocycles. The molecule has 0 atom stereocenters. The summed E-state index contributed by atoms with van der Waals surface area (Å²) >= 11 is 1.96. The number of nitrogens with one attached hydrogen (secondary N) is 1. The molecule has 0 amide bonds. The molecule has 2 aromatic rings. The van der Waals surface area contributed by atoms with Crippen molar-refractivity contribution >= 4 is 22.6 Å². The fraction of sp³-hybridized carbons (Fsp3) is 0.300. The summed E-state index contributed by atoms with van der Waals surface area (Å²) in [6.45, 7) is 0.313. The molecule has 2 rings (SSSR count). The van der Waals surface area contributed by atoms with Crippen molar-refractivity contribution in [2.24, 2.45) is 7.05 Å². The van der Waals surface area contributed by atoms with Crippen LogP contribution in [0.15, 0.2) is 17.3 Å². The van der Waals surface area contributed by atoms with Gasteiger partial charge in [-0.25, -0.2) is 9.97 Å². The highest BCUT2D eigenvalue weighted by Crippen LogP contribution is 2.14. The number of H-pyrrole nitrogens is 1. The number of hydrogen-bond donors (Lipinski definition) is 1. The van der Waals surface area contributed by atoms with E-state index in [2.05, 4.69) is 15.0 Å². The van der Waals surface area contributed by atoms with Crippen molar-refractivity contribution in [2.75, 3.05) is 7.11 Å². The van der Waals surface area contributed by atoms with Gasteiger partial charge in [0.2, 0.25) is 0 Å². The van der Waals surface area contributed by atoms with Crippen molar-refractivity contribution in [1.29, 1.82) is 0 Å². The topological polar surface area (TPSA) is 72.8 Å². The van der Waals surface area contributed by atoms with Crippen molar-refractivity contribution in [3.8, 4) is 11.5 Å². The molecule has 1 N–H and O–H groups in total. The summed E-state index contributed by atoms with van der Waals surface area (Å²) in [5.74, 6) is 0.502. The third kappa shape index (κ3) is 2.39. The number of ether oxygens (including phenoxy) is 1. The second kappa shape index (κ2) is 4.96. The first kappa shape index (κ1) is 12.2. The van der Waals surface area contributed by atoms with Gasteiger partial charge in [0.15, 0.2) is 5.82 Å². The number of rotatable bonds is 3. The number of methoxy groups -OCH3 is 1. The van der Waals surface area contributed by atoms with Crippen LogP contribution in [0.4, 0.5) is 0 Å². The second-order valence-corrected chi connectivity index (χ2v) is 4.58. The zero-order valence-electron chi connectivity index (χ0n) is 9.40. The Morgan fingerprint density at radius 2 is 2.35 bits per heavy atom. The van der Waals surface area contributed by atoms with Gasteiger partial charge in [0.1, 0.15) is 9.26 Å². The van der Waals surface area contributed by atoms with Gasteiger partial charge in [0.25, 0.3) is 5.56 Å². The molecule has 0 bridgehead atoms. The molecule has 0 aliphatic carbocycles. The average Bonchev–Trinajstić information content (AvgIpc) is 2.71. The van der Waals surface area contributed by atoms with Crippen molar-refractivity contribution < 1.29 is 4.74 Å². The van der Waals surface area contributed by atoms with Crippen molar-refractivity contribution in [1.82, 2.24) is 19.5 Å². The van der Waals surface area contributed by atoms with Crippen LogP contribution in [0.5, 0.6) is 0 Å². The van der Waals surface area contributed by atoms with E-state index in [9.17, 15) is 4.79 Å². The molecule has 6 nitrogen and oxygen atoms in total. The Kier molecular flexibility index (Phi) is 3.57. The van der Waals surface area contributed by atoms with E-state index in [1.54, 1.807) is 24.2 Å². The lowest BCUT2D eigenvalue weighted by molar-refractivity contribution is 0.180. The predicted molar refractivity (Wildman–Crippen MR) is 70.5 cm³/mol. The summed E-state index contributed by atoms with van der Waals surface area (Å²) in [5.41, 5.74) is 1.23. The summed E-state index contributed by atoms with van der Waals surface area (Å²) in [4.78, 5) is 22.9. The van der Waals surface area contributed by atoms with E-state index in [-0.39, 0.29) is 5.56 Å². The monoisotopic (exact) mass is 346 g/mol. The van der Waals surface area contributed by atoms with Crippen LogP contribution in [0.2, 0.25) is 0 Å². The fourth-order valence-electron chi connectivity index (χ4n) is 1.44. The highest BCUT2D eigenvalue weighted by atomic mass is 127. The number of aryl methyl sites for hydroxylation is 1. The summed E-state index contributed by atoms with van der Waals surface area (Å²) in [5, 5.41) is 0. The van der Waals surface area contributed by atoms with Gasteiger partial charge in [-0.15, -0.1) is 0 Å². The van der Waals surface area contributed by atoms with Crippen LogP contribution in [0.25, 0.3) is 11.5 Å². The van der Waals surface area contributed by atoms with E-state index in [0.717, 1.165) is 5.69 Å². The molecular formula is C10H11IN4O2. The molecule has 0 fully saturated rings. The quantitative estimate of drug-likeness (QED) is 0.839. The van der Waals surface area contributed by atoms with Crippen molar-refractivity contribution in [2.45, 2.75) is 6.61 Å². The van der Waals surface area contributed by atoms with E-state index in [0.29, 0.717) is 21.7 Å². The van der Waals surface area contributed by atoms with E-state index in [1.165, 1.54) is 0 Å². The number of nitrogens with zero attached hydrogens (tertiary/aromatic N) is 3. The average molecular weight is 346 g/mol. The summed E-state index contributed by atoms with van der Waals surface area (Å²) in [7, 11) is 3.42. The maximum absolute atomic E-state index is 11.8. The normalized spacial score (nSPS) is 10.8. The van der Waals surface area contributed by atoms with Gasteiger partial charge in [0, 0.05) is 14.2 Å². The number of aromatic nitrogens is 4. The zero-order chi connectivity index (χ0) is 12.4. The molecule has 2 aromatic heterocycles. The Labute approximate surface area is 111 Å². The van der Waals surface area contributed by atoms with Crippen molar-refractivity contribution in [3.63, 3.8) is 0 Å². The van der Waals surface area contributed by atoms with Crippen LogP contribution >= 0.6 is 22.6 Å². The Hall–Kier alpha value is -1.22. The van der Waals surface area contributed by atoms with Gasteiger partial charge in [-0.2, -0.15) is 0 Å². The van der Waals surface area contributed by atoms with Gasteiger partial charge in [-0.3, -0.25) is 4.79 Å². The Morgan fingerprint density at radius 1 is 1.59 bits per heavy atom. The highest BCUT2D eigenvalue weighted by Gasteiger charge is 2.11. The molecule has 0 spiro atoms. The van der Waals surface area contributed by atoms with Gasteiger partial charge in [-0.1, -0.05) is 0 Å². The molecule has 7 heteroatoms. The number of imidazole rings is 1. The lowest BCUT2D eigenvalue weighted by Crippen LogP contribution is -2.17. The largest absolute Gasteiger partial charge is 0.378 e. The number of halogens is 1. The molecule has 0 aliphatic heterocycles. The highest BCUT2D eigenvalue weighted by molar-refractivity contribution is 14.1. The first-order valence-electron chi connectivity index (χ1n) is 4.87. The minimum absolute atomic E-state index is 0.163.